The van der Waals surface area contributed by atoms with Gasteiger partial charge in [-0.2, -0.15) is 0 Å². The van der Waals surface area contributed by atoms with E-state index >= 15 is 0 Å². The maximum absolute atomic E-state index is 11.7. The summed E-state index contributed by atoms with van der Waals surface area (Å²) in [6.45, 7) is 0. The highest BCUT2D eigenvalue weighted by Gasteiger charge is 2.23. The summed E-state index contributed by atoms with van der Waals surface area (Å²) in [5.74, 6) is 0.443. The normalized spacial score (nSPS) is 19.8. The van der Waals surface area contributed by atoms with E-state index in [0.717, 1.165) is 31.2 Å². The molecule has 1 aliphatic carbocycles. The van der Waals surface area contributed by atoms with Crippen molar-refractivity contribution in [1.29, 1.82) is 0 Å². The van der Waals surface area contributed by atoms with Crippen molar-refractivity contribution in [2.45, 2.75) is 38.5 Å². The van der Waals surface area contributed by atoms with Gasteiger partial charge in [0, 0.05) is 24.0 Å². The first kappa shape index (κ1) is 12.7. The van der Waals surface area contributed by atoms with E-state index in [1.54, 1.807) is 12.1 Å². The van der Waals surface area contributed by atoms with Gasteiger partial charge in [-0.3, -0.25) is 14.9 Å². The SMILES string of the molecule is O=C1CCCCC1CCc1ccccc1[N+](=O)[O-]. The molecule has 0 bridgehead atoms. The topological polar surface area (TPSA) is 60.2 Å². The van der Waals surface area contributed by atoms with Gasteiger partial charge in [0.05, 0.1) is 4.92 Å². The van der Waals surface area contributed by atoms with E-state index in [2.05, 4.69) is 0 Å². The van der Waals surface area contributed by atoms with Crippen molar-refractivity contribution >= 4 is 11.5 Å². The molecular weight excluding hydrogens is 230 g/mol. The van der Waals surface area contributed by atoms with E-state index < -0.39 is 0 Å². The molecule has 0 amide bonds. The molecule has 0 spiro atoms. The smallest absolute Gasteiger partial charge is 0.272 e. The highest BCUT2D eigenvalue weighted by atomic mass is 16.6. The zero-order valence-corrected chi connectivity index (χ0v) is 10.3. The number of hydrogen-bond donors (Lipinski definition) is 0. The van der Waals surface area contributed by atoms with Gasteiger partial charge in [0.2, 0.25) is 0 Å². The van der Waals surface area contributed by atoms with Crippen LogP contribution in [0.1, 0.15) is 37.7 Å². The number of hydrogen-bond acceptors (Lipinski definition) is 3. The minimum Gasteiger partial charge on any atom is -0.299 e. The van der Waals surface area contributed by atoms with Gasteiger partial charge in [-0.05, 0) is 25.7 Å². The average Bonchev–Trinajstić information content (AvgIpc) is 2.38. The summed E-state index contributed by atoms with van der Waals surface area (Å²) in [5, 5.41) is 10.9. The van der Waals surface area contributed by atoms with Gasteiger partial charge in [0.25, 0.3) is 5.69 Å². The van der Waals surface area contributed by atoms with Crippen LogP contribution in [0.5, 0.6) is 0 Å². The number of carbonyl (C=O) groups is 1. The third kappa shape index (κ3) is 2.94. The molecular formula is C14H17NO3. The van der Waals surface area contributed by atoms with Gasteiger partial charge >= 0.3 is 0 Å². The summed E-state index contributed by atoms with van der Waals surface area (Å²) in [6, 6.07) is 6.79. The van der Waals surface area contributed by atoms with Gasteiger partial charge in [-0.1, -0.05) is 24.6 Å². The van der Waals surface area contributed by atoms with Crippen molar-refractivity contribution in [3.8, 4) is 0 Å². The van der Waals surface area contributed by atoms with Crippen molar-refractivity contribution < 1.29 is 9.72 Å². The van der Waals surface area contributed by atoms with Crippen molar-refractivity contribution in [3.63, 3.8) is 0 Å². The third-order valence-corrected chi connectivity index (χ3v) is 3.63. The number of carbonyl (C=O) groups excluding carboxylic acids is 1. The monoisotopic (exact) mass is 247 g/mol. The molecule has 0 aliphatic heterocycles. The maximum Gasteiger partial charge on any atom is 0.272 e. The Kier molecular flexibility index (Phi) is 4.07. The lowest BCUT2D eigenvalue weighted by Crippen LogP contribution is -2.19. The highest BCUT2D eigenvalue weighted by molar-refractivity contribution is 5.81. The lowest BCUT2D eigenvalue weighted by Gasteiger charge is -2.20. The lowest BCUT2D eigenvalue weighted by molar-refractivity contribution is -0.385. The van der Waals surface area contributed by atoms with Crippen LogP contribution in [0.3, 0.4) is 0 Å². The largest absolute Gasteiger partial charge is 0.299 e. The van der Waals surface area contributed by atoms with E-state index in [9.17, 15) is 14.9 Å². The van der Waals surface area contributed by atoms with Crippen molar-refractivity contribution in [2.24, 2.45) is 5.92 Å². The fraction of sp³-hybridized carbons (Fsp3) is 0.500. The van der Waals surface area contributed by atoms with Gasteiger partial charge in [0.15, 0.2) is 0 Å². The van der Waals surface area contributed by atoms with E-state index in [0.29, 0.717) is 18.6 Å². The molecule has 18 heavy (non-hydrogen) atoms. The number of Topliss-reactive ketones (excluding diaryl/α,β-unsaturated/α-hetero) is 1. The van der Waals surface area contributed by atoms with Crippen LogP contribution in [-0.4, -0.2) is 10.7 Å². The molecule has 0 saturated heterocycles. The van der Waals surface area contributed by atoms with Gasteiger partial charge in [-0.25, -0.2) is 0 Å². The van der Waals surface area contributed by atoms with Crippen molar-refractivity contribution in [2.75, 3.05) is 0 Å². The standard InChI is InChI=1S/C14H17NO3/c16-14-8-4-2-6-12(14)10-9-11-5-1-3-7-13(11)15(17)18/h1,3,5,7,12H,2,4,6,8-10H2. The molecule has 96 valence electrons. The number of aryl methyl sites for hydroxylation is 1. The van der Waals surface area contributed by atoms with E-state index in [1.807, 2.05) is 6.07 Å². The summed E-state index contributed by atoms with van der Waals surface area (Å²) in [5.41, 5.74) is 0.904. The molecule has 1 atom stereocenters. The molecule has 1 aliphatic rings. The lowest BCUT2D eigenvalue weighted by atomic mass is 9.84. The van der Waals surface area contributed by atoms with Crippen LogP contribution in [0.4, 0.5) is 5.69 Å². The Morgan fingerprint density at radius 2 is 2.06 bits per heavy atom. The zero-order valence-electron chi connectivity index (χ0n) is 10.3. The molecule has 4 nitrogen and oxygen atoms in total. The Hall–Kier alpha value is -1.71. The first-order valence-corrected chi connectivity index (χ1v) is 6.43. The Morgan fingerprint density at radius 3 is 2.78 bits per heavy atom. The van der Waals surface area contributed by atoms with Crippen LogP contribution in [0, 0.1) is 16.0 Å². The number of benzene rings is 1. The molecule has 1 saturated carbocycles. The fourth-order valence-electron chi connectivity index (χ4n) is 2.59. The predicted octanol–water partition coefficient (Wildman–Crippen LogP) is 3.29. The Bertz CT molecular complexity index is 456. The molecule has 0 radical (unpaired) electrons. The van der Waals surface area contributed by atoms with Crippen LogP contribution in [-0.2, 0) is 11.2 Å². The van der Waals surface area contributed by atoms with Crippen LogP contribution in [0.25, 0.3) is 0 Å². The molecule has 0 heterocycles. The summed E-state index contributed by atoms with van der Waals surface area (Å²) in [6.07, 6.45) is 5.09. The molecule has 1 unspecified atom stereocenters. The summed E-state index contributed by atoms with van der Waals surface area (Å²) in [7, 11) is 0. The second-order valence-corrected chi connectivity index (χ2v) is 4.83. The summed E-state index contributed by atoms with van der Waals surface area (Å²) in [4.78, 5) is 22.2. The van der Waals surface area contributed by atoms with Crippen molar-refractivity contribution in [3.05, 3.63) is 39.9 Å². The molecule has 0 aromatic heterocycles. The quantitative estimate of drug-likeness (QED) is 0.606. The predicted molar refractivity (Wildman–Crippen MR) is 68.4 cm³/mol. The second kappa shape index (κ2) is 5.76. The number of nitro benzene ring substituents is 1. The zero-order chi connectivity index (χ0) is 13.0. The van der Waals surface area contributed by atoms with Gasteiger partial charge in [-0.15, -0.1) is 0 Å². The molecule has 1 aromatic carbocycles. The number of nitro groups is 1. The van der Waals surface area contributed by atoms with Crippen LogP contribution < -0.4 is 0 Å². The average molecular weight is 247 g/mol. The van der Waals surface area contributed by atoms with E-state index in [4.69, 9.17) is 0 Å². The molecule has 0 N–H and O–H groups in total. The second-order valence-electron chi connectivity index (χ2n) is 4.83. The fourth-order valence-corrected chi connectivity index (χ4v) is 2.59. The Labute approximate surface area is 106 Å². The third-order valence-electron chi connectivity index (χ3n) is 3.63. The highest BCUT2D eigenvalue weighted by Crippen LogP contribution is 2.27. The number of ketones is 1. The van der Waals surface area contributed by atoms with Crippen LogP contribution in [0.2, 0.25) is 0 Å². The maximum atomic E-state index is 11.7. The van der Waals surface area contributed by atoms with Gasteiger partial charge in [0.1, 0.15) is 5.78 Å². The Morgan fingerprint density at radius 1 is 1.28 bits per heavy atom. The summed E-state index contributed by atoms with van der Waals surface area (Å²) >= 11 is 0. The molecule has 2 rings (SSSR count). The molecule has 1 fully saturated rings. The van der Waals surface area contributed by atoms with Crippen molar-refractivity contribution in [1.82, 2.24) is 0 Å². The molecule has 4 heteroatoms. The number of para-hydroxylation sites is 1. The van der Waals surface area contributed by atoms with Gasteiger partial charge < -0.3 is 0 Å². The van der Waals surface area contributed by atoms with E-state index in [-0.39, 0.29) is 16.5 Å². The minimum absolute atomic E-state index is 0.110. The molecule has 1 aromatic rings. The first-order valence-electron chi connectivity index (χ1n) is 6.43. The minimum atomic E-state index is -0.349. The van der Waals surface area contributed by atoms with Crippen LogP contribution in [0.15, 0.2) is 24.3 Å². The number of nitrogens with zero attached hydrogens (tertiary/aromatic N) is 1. The van der Waals surface area contributed by atoms with E-state index in [1.165, 1.54) is 6.07 Å². The summed E-state index contributed by atoms with van der Waals surface area (Å²) < 4.78 is 0. The Balaban J connectivity index is 2.01. The van der Waals surface area contributed by atoms with Crippen LogP contribution >= 0.6 is 0 Å². The number of rotatable bonds is 4. The first-order chi connectivity index (χ1) is 8.68.